The van der Waals surface area contributed by atoms with E-state index in [1.54, 1.807) is 6.07 Å². The summed E-state index contributed by atoms with van der Waals surface area (Å²) in [6, 6.07) is 2.36. The average molecular weight is 323 g/mol. The predicted octanol–water partition coefficient (Wildman–Crippen LogP) is 1.55. The fourth-order valence-electron chi connectivity index (χ4n) is 2.12. The fraction of sp³-hybridized carbons (Fsp3) is 0.545. The Balaban J connectivity index is 2.40. The van der Waals surface area contributed by atoms with Crippen LogP contribution in [0, 0.1) is 5.92 Å². The molecule has 0 saturated carbocycles. The molecule has 106 valence electrons. The number of amides is 1. The van der Waals surface area contributed by atoms with E-state index in [1.165, 1.54) is 10.4 Å². The number of piperazine rings is 1. The molecule has 2 heterocycles. The van der Waals surface area contributed by atoms with Gasteiger partial charge in [0.15, 0.2) is 0 Å². The summed E-state index contributed by atoms with van der Waals surface area (Å²) < 4.78 is 27.0. The van der Waals surface area contributed by atoms with E-state index in [4.69, 9.17) is 11.6 Å². The Labute approximate surface area is 121 Å². The number of carbonyl (C=O) groups excluding carboxylic acids is 1. The second-order valence-corrected chi connectivity index (χ2v) is 8.49. The van der Waals surface area contributed by atoms with Crippen molar-refractivity contribution in [3.05, 3.63) is 16.5 Å². The Kier molecular flexibility index (Phi) is 4.20. The minimum atomic E-state index is -3.66. The van der Waals surface area contributed by atoms with Crippen molar-refractivity contribution in [2.45, 2.75) is 24.1 Å². The summed E-state index contributed by atoms with van der Waals surface area (Å²) in [4.78, 5) is 11.9. The molecular formula is C11H15ClN2O3S2. The molecule has 1 aromatic heterocycles. The maximum Gasteiger partial charge on any atom is 0.253 e. The predicted molar refractivity (Wildman–Crippen MR) is 74.9 cm³/mol. The molecule has 1 atom stereocenters. The first-order chi connectivity index (χ1) is 8.84. The van der Waals surface area contributed by atoms with Gasteiger partial charge in [0.25, 0.3) is 10.0 Å². The summed E-state index contributed by atoms with van der Waals surface area (Å²) >= 11 is 6.80. The van der Waals surface area contributed by atoms with Crippen LogP contribution in [0.4, 0.5) is 0 Å². The number of rotatable bonds is 3. The first-order valence-electron chi connectivity index (χ1n) is 5.89. The summed E-state index contributed by atoms with van der Waals surface area (Å²) in [5.41, 5.74) is 0. The lowest BCUT2D eigenvalue weighted by Gasteiger charge is -2.35. The third-order valence-electron chi connectivity index (χ3n) is 2.95. The Morgan fingerprint density at radius 1 is 1.47 bits per heavy atom. The molecule has 19 heavy (non-hydrogen) atoms. The third kappa shape index (κ3) is 2.79. The second kappa shape index (κ2) is 5.40. The Hall–Kier alpha value is -0.630. The molecule has 5 nitrogen and oxygen atoms in total. The normalized spacial score (nSPS) is 21.7. The maximum atomic E-state index is 12.6. The zero-order valence-electron chi connectivity index (χ0n) is 10.6. The summed E-state index contributed by atoms with van der Waals surface area (Å²) in [5, 5.41) is 2.70. The number of hydrogen-bond donors (Lipinski definition) is 1. The van der Waals surface area contributed by atoms with Gasteiger partial charge in [-0.25, -0.2) is 8.42 Å². The van der Waals surface area contributed by atoms with Gasteiger partial charge >= 0.3 is 0 Å². The monoisotopic (exact) mass is 322 g/mol. The minimum Gasteiger partial charge on any atom is -0.353 e. The van der Waals surface area contributed by atoms with Gasteiger partial charge in [0.1, 0.15) is 10.3 Å². The van der Waals surface area contributed by atoms with Gasteiger partial charge in [0.2, 0.25) is 5.91 Å². The number of carbonyl (C=O) groups is 1. The van der Waals surface area contributed by atoms with Crippen molar-refractivity contribution in [1.82, 2.24) is 9.62 Å². The van der Waals surface area contributed by atoms with Crippen LogP contribution in [0.15, 0.2) is 16.3 Å². The molecule has 0 aromatic carbocycles. The average Bonchev–Trinajstić information content (AvgIpc) is 2.75. The lowest BCUT2D eigenvalue weighted by Crippen LogP contribution is -2.58. The first-order valence-corrected chi connectivity index (χ1v) is 8.52. The molecular weight excluding hydrogens is 308 g/mol. The maximum absolute atomic E-state index is 12.6. The molecule has 1 aliphatic heterocycles. The molecule has 1 aromatic rings. The molecule has 1 fully saturated rings. The third-order valence-corrected chi connectivity index (χ3v) is 6.53. The Bertz CT molecular complexity index is 583. The highest BCUT2D eigenvalue weighted by molar-refractivity contribution is 7.91. The van der Waals surface area contributed by atoms with Crippen LogP contribution in [0.3, 0.4) is 0 Å². The standard InChI is InChI=1S/C11H15ClN2O3S2/c1-7(2)10-11(15)13-5-6-14(10)19(16,17)9-4-3-8(12)18-9/h3-4,7,10H,5-6H2,1-2H3,(H,13,15)/t10-/m1/s1. The highest BCUT2D eigenvalue weighted by Gasteiger charge is 2.40. The zero-order valence-corrected chi connectivity index (χ0v) is 13.0. The van der Waals surface area contributed by atoms with E-state index in [-0.39, 0.29) is 22.6 Å². The number of nitrogens with zero attached hydrogens (tertiary/aromatic N) is 1. The number of nitrogens with one attached hydrogen (secondary N) is 1. The van der Waals surface area contributed by atoms with Crippen molar-refractivity contribution in [2.75, 3.05) is 13.1 Å². The number of thiophene rings is 1. The number of hydrogen-bond acceptors (Lipinski definition) is 4. The van der Waals surface area contributed by atoms with Gasteiger partial charge in [0.05, 0.1) is 4.34 Å². The molecule has 0 bridgehead atoms. The summed E-state index contributed by atoms with van der Waals surface area (Å²) in [7, 11) is -3.66. The molecule has 2 rings (SSSR count). The van der Waals surface area contributed by atoms with Gasteiger partial charge in [0, 0.05) is 13.1 Å². The zero-order chi connectivity index (χ0) is 14.2. The molecule has 1 amide bonds. The van der Waals surface area contributed by atoms with Crippen LogP contribution in [0.2, 0.25) is 4.34 Å². The molecule has 0 unspecified atom stereocenters. The molecule has 0 aliphatic carbocycles. The van der Waals surface area contributed by atoms with Crippen molar-refractivity contribution in [3.63, 3.8) is 0 Å². The van der Waals surface area contributed by atoms with Crippen LogP contribution >= 0.6 is 22.9 Å². The van der Waals surface area contributed by atoms with Crippen LogP contribution in [0.5, 0.6) is 0 Å². The van der Waals surface area contributed by atoms with Gasteiger partial charge in [-0.15, -0.1) is 11.3 Å². The minimum absolute atomic E-state index is 0.0921. The van der Waals surface area contributed by atoms with E-state index in [2.05, 4.69) is 5.32 Å². The Morgan fingerprint density at radius 2 is 2.16 bits per heavy atom. The van der Waals surface area contributed by atoms with E-state index in [0.717, 1.165) is 11.3 Å². The molecule has 8 heteroatoms. The van der Waals surface area contributed by atoms with E-state index in [1.807, 2.05) is 13.8 Å². The topological polar surface area (TPSA) is 66.5 Å². The molecule has 1 saturated heterocycles. The quantitative estimate of drug-likeness (QED) is 0.918. The summed E-state index contributed by atoms with van der Waals surface area (Å²) in [6.07, 6.45) is 0. The van der Waals surface area contributed by atoms with E-state index >= 15 is 0 Å². The molecule has 1 aliphatic rings. The number of halogens is 1. The molecule has 0 radical (unpaired) electrons. The summed E-state index contributed by atoms with van der Waals surface area (Å²) in [6.45, 7) is 4.28. The van der Waals surface area contributed by atoms with Crippen molar-refractivity contribution < 1.29 is 13.2 Å². The first kappa shape index (κ1) is 14.8. The molecule has 1 N–H and O–H groups in total. The van der Waals surface area contributed by atoms with E-state index in [0.29, 0.717) is 10.9 Å². The molecule has 0 spiro atoms. The lowest BCUT2D eigenvalue weighted by molar-refractivity contribution is -0.128. The van der Waals surface area contributed by atoms with Gasteiger partial charge in [-0.2, -0.15) is 4.31 Å². The van der Waals surface area contributed by atoms with Crippen molar-refractivity contribution >= 4 is 38.9 Å². The lowest BCUT2D eigenvalue weighted by atomic mass is 10.0. The van der Waals surface area contributed by atoms with E-state index in [9.17, 15) is 13.2 Å². The van der Waals surface area contributed by atoms with E-state index < -0.39 is 16.1 Å². The van der Waals surface area contributed by atoms with Crippen LogP contribution in [0.25, 0.3) is 0 Å². The van der Waals surface area contributed by atoms with Crippen molar-refractivity contribution in [2.24, 2.45) is 5.92 Å². The van der Waals surface area contributed by atoms with Gasteiger partial charge in [-0.1, -0.05) is 25.4 Å². The van der Waals surface area contributed by atoms with Crippen LogP contribution in [0.1, 0.15) is 13.8 Å². The fourth-order valence-corrected chi connectivity index (χ4v) is 5.45. The number of sulfonamides is 1. The van der Waals surface area contributed by atoms with Crippen molar-refractivity contribution in [1.29, 1.82) is 0 Å². The van der Waals surface area contributed by atoms with Crippen molar-refractivity contribution in [3.8, 4) is 0 Å². The van der Waals surface area contributed by atoms with Gasteiger partial charge in [-0.05, 0) is 18.1 Å². The van der Waals surface area contributed by atoms with Crippen LogP contribution < -0.4 is 5.32 Å². The SMILES string of the molecule is CC(C)[C@@H]1C(=O)NCCN1S(=O)(=O)c1ccc(Cl)s1. The van der Waals surface area contributed by atoms with Gasteiger partial charge in [-0.3, -0.25) is 4.79 Å². The largest absolute Gasteiger partial charge is 0.353 e. The van der Waals surface area contributed by atoms with Gasteiger partial charge < -0.3 is 5.32 Å². The summed E-state index contributed by atoms with van der Waals surface area (Å²) in [5.74, 6) is -0.335. The van der Waals surface area contributed by atoms with Crippen LogP contribution in [-0.2, 0) is 14.8 Å². The van der Waals surface area contributed by atoms with Crippen LogP contribution in [-0.4, -0.2) is 37.8 Å². The second-order valence-electron chi connectivity index (χ2n) is 4.65. The Morgan fingerprint density at radius 3 is 2.68 bits per heavy atom. The highest BCUT2D eigenvalue weighted by atomic mass is 35.5. The smallest absolute Gasteiger partial charge is 0.253 e. The highest BCUT2D eigenvalue weighted by Crippen LogP contribution is 2.30.